The molecule has 92 valence electrons. The van der Waals surface area contributed by atoms with E-state index in [0.717, 1.165) is 5.69 Å². The molecule has 18 heavy (non-hydrogen) atoms. The van der Waals surface area contributed by atoms with E-state index in [1.165, 1.54) is 23.3 Å². The zero-order valence-corrected chi connectivity index (χ0v) is 10.4. The lowest BCUT2D eigenvalue weighted by atomic mass is 10.1. The normalized spacial score (nSPS) is 11.0. The summed E-state index contributed by atoms with van der Waals surface area (Å²) in [6.07, 6.45) is 1.58. The maximum absolute atomic E-state index is 9.62. The summed E-state index contributed by atoms with van der Waals surface area (Å²) in [5.74, 6) is 0.0541. The van der Waals surface area contributed by atoms with Gasteiger partial charge < -0.3 is 10.2 Å². The molecule has 0 aliphatic rings. The van der Waals surface area contributed by atoms with Crippen LogP contribution in [0.25, 0.3) is 0 Å². The van der Waals surface area contributed by atoms with E-state index in [0.29, 0.717) is 5.56 Å². The first-order valence-electron chi connectivity index (χ1n) is 5.69. The zero-order valence-electron chi connectivity index (χ0n) is 10.4. The van der Waals surface area contributed by atoms with Crippen molar-refractivity contribution < 1.29 is 10.2 Å². The predicted octanol–water partition coefficient (Wildman–Crippen LogP) is 3.47. The Kier molecular flexibility index (Phi) is 3.33. The van der Waals surface area contributed by atoms with Gasteiger partial charge in [0.25, 0.3) is 0 Å². The fourth-order valence-electron chi connectivity index (χ4n) is 1.59. The van der Waals surface area contributed by atoms with E-state index < -0.39 is 0 Å². The van der Waals surface area contributed by atoms with Crippen molar-refractivity contribution in [3.8, 4) is 11.5 Å². The van der Waals surface area contributed by atoms with Gasteiger partial charge in [-0.05, 0) is 49.2 Å². The van der Waals surface area contributed by atoms with Gasteiger partial charge in [-0.2, -0.15) is 0 Å². The summed E-state index contributed by atoms with van der Waals surface area (Å²) in [7, 11) is 0. The van der Waals surface area contributed by atoms with Crippen LogP contribution in [0.1, 0.15) is 16.7 Å². The second-order valence-electron chi connectivity index (χ2n) is 4.27. The van der Waals surface area contributed by atoms with Gasteiger partial charge in [0, 0.05) is 17.8 Å². The summed E-state index contributed by atoms with van der Waals surface area (Å²) in [5.41, 5.74) is 3.82. The van der Waals surface area contributed by atoms with E-state index in [-0.39, 0.29) is 11.5 Å². The zero-order chi connectivity index (χ0) is 13.1. The van der Waals surface area contributed by atoms with Crippen LogP contribution in [0.15, 0.2) is 41.4 Å². The molecule has 0 amide bonds. The Labute approximate surface area is 106 Å². The van der Waals surface area contributed by atoms with Crippen LogP contribution in [0.2, 0.25) is 0 Å². The Balaban J connectivity index is 2.27. The monoisotopic (exact) mass is 241 g/mol. The largest absolute Gasteiger partial charge is 0.508 e. The minimum atomic E-state index is 0.0163. The molecule has 0 aliphatic heterocycles. The Morgan fingerprint density at radius 2 is 1.72 bits per heavy atom. The third-order valence-corrected chi connectivity index (χ3v) is 2.86. The molecule has 0 fully saturated rings. The van der Waals surface area contributed by atoms with Crippen molar-refractivity contribution >= 4 is 11.9 Å². The Bertz CT molecular complexity index is 603. The Hall–Kier alpha value is -2.29. The molecule has 0 atom stereocenters. The first-order valence-corrected chi connectivity index (χ1v) is 5.69. The smallest absolute Gasteiger partial charge is 0.128 e. The van der Waals surface area contributed by atoms with Gasteiger partial charge in [-0.15, -0.1) is 0 Å². The number of hydrogen-bond acceptors (Lipinski definition) is 3. The lowest BCUT2D eigenvalue weighted by Gasteiger charge is -2.01. The molecule has 2 aromatic carbocycles. The maximum atomic E-state index is 9.62. The fourth-order valence-corrected chi connectivity index (χ4v) is 1.59. The van der Waals surface area contributed by atoms with Crippen molar-refractivity contribution in [3.63, 3.8) is 0 Å². The Morgan fingerprint density at radius 1 is 0.944 bits per heavy atom. The summed E-state index contributed by atoms with van der Waals surface area (Å²) >= 11 is 0. The van der Waals surface area contributed by atoms with Crippen LogP contribution < -0.4 is 0 Å². The third-order valence-electron chi connectivity index (χ3n) is 2.86. The summed E-state index contributed by atoms with van der Waals surface area (Å²) in [5, 5.41) is 18.8. The highest BCUT2D eigenvalue weighted by molar-refractivity contribution is 5.85. The number of aromatic hydroxyl groups is 2. The van der Waals surface area contributed by atoms with Crippen molar-refractivity contribution in [2.75, 3.05) is 0 Å². The number of nitrogens with zero attached hydrogens (tertiary/aromatic N) is 1. The molecule has 0 unspecified atom stereocenters. The van der Waals surface area contributed by atoms with Gasteiger partial charge in [-0.25, -0.2) is 0 Å². The van der Waals surface area contributed by atoms with Crippen LogP contribution in [0, 0.1) is 13.8 Å². The molecule has 0 spiro atoms. The molecule has 2 N–H and O–H groups in total. The Morgan fingerprint density at radius 3 is 2.39 bits per heavy atom. The van der Waals surface area contributed by atoms with Crippen LogP contribution >= 0.6 is 0 Å². The van der Waals surface area contributed by atoms with Gasteiger partial charge in [-0.1, -0.05) is 6.07 Å². The summed E-state index contributed by atoms with van der Waals surface area (Å²) in [4.78, 5) is 4.30. The number of aryl methyl sites for hydroxylation is 2. The van der Waals surface area contributed by atoms with Crippen LogP contribution in [-0.4, -0.2) is 16.4 Å². The van der Waals surface area contributed by atoms with Crippen molar-refractivity contribution in [1.29, 1.82) is 0 Å². The molecule has 3 heteroatoms. The van der Waals surface area contributed by atoms with Gasteiger partial charge in [0.2, 0.25) is 0 Å². The highest BCUT2D eigenvalue weighted by Gasteiger charge is 1.99. The molecule has 0 heterocycles. The average molecular weight is 241 g/mol. The molecule has 0 saturated heterocycles. The number of aliphatic imine (C=N–C) groups is 1. The molecule has 0 aromatic heterocycles. The van der Waals surface area contributed by atoms with E-state index in [9.17, 15) is 10.2 Å². The van der Waals surface area contributed by atoms with Gasteiger partial charge in [0.1, 0.15) is 11.5 Å². The minimum absolute atomic E-state index is 0.0163. The highest BCUT2D eigenvalue weighted by Crippen LogP contribution is 2.22. The molecule has 2 rings (SSSR count). The summed E-state index contributed by atoms with van der Waals surface area (Å²) in [6, 6.07) is 10.4. The van der Waals surface area contributed by atoms with E-state index >= 15 is 0 Å². The van der Waals surface area contributed by atoms with E-state index in [2.05, 4.69) is 11.9 Å². The SMILES string of the molecule is Cc1ccc(N=Cc2ccc(O)cc2O)cc1C. The second kappa shape index (κ2) is 4.92. The second-order valence-corrected chi connectivity index (χ2v) is 4.27. The van der Waals surface area contributed by atoms with E-state index in [1.807, 2.05) is 25.1 Å². The van der Waals surface area contributed by atoms with E-state index in [4.69, 9.17) is 0 Å². The van der Waals surface area contributed by atoms with Crippen LogP contribution in [-0.2, 0) is 0 Å². The van der Waals surface area contributed by atoms with Crippen LogP contribution in [0.4, 0.5) is 5.69 Å². The van der Waals surface area contributed by atoms with Gasteiger partial charge in [-0.3, -0.25) is 4.99 Å². The maximum Gasteiger partial charge on any atom is 0.128 e. The first kappa shape index (κ1) is 12.2. The van der Waals surface area contributed by atoms with Crippen LogP contribution in [0.3, 0.4) is 0 Å². The fraction of sp³-hybridized carbons (Fsp3) is 0.133. The molecule has 0 saturated carbocycles. The third kappa shape index (κ3) is 2.69. The molecule has 2 aromatic rings. The van der Waals surface area contributed by atoms with E-state index in [1.54, 1.807) is 12.3 Å². The van der Waals surface area contributed by atoms with Crippen molar-refractivity contribution in [1.82, 2.24) is 0 Å². The number of benzene rings is 2. The average Bonchev–Trinajstić information content (AvgIpc) is 2.32. The number of phenols is 2. The minimum Gasteiger partial charge on any atom is -0.508 e. The topological polar surface area (TPSA) is 52.8 Å². The highest BCUT2D eigenvalue weighted by atomic mass is 16.3. The van der Waals surface area contributed by atoms with Gasteiger partial charge >= 0.3 is 0 Å². The molecule has 3 nitrogen and oxygen atoms in total. The molecule has 0 radical (unpaired) electrons. The summed E-state index contributed by atoms with van der Waals surface area (Å²) in [6.45, 7) is 4.08. The first-order chi connectivity index (χ1) is 8.56. The molecule has 0 bridgehead atoms. The number of hydrogen-bond donors (Lipinski definition) is 2. The van der Waals surface area contributed by atoms with Crippen molar-refractivity contribution in [3.05, 3.63) is 53.1 Å². The van der Waals surface area contributed by atoms with Crippen molar-refractivity contribution in [2.45, 2.75) is 13.8 Å². The van der Waals surface area contributed by atoms with Crippen molar-refractivity contribution in [2.24, 2.45) is 4.99 Å². The van der Waals surface area contributed by atoms with Gasteiger partial charge in [0.05, 0.1) is 5.69 Å². The van der Waals surface area contributed by atoms with Crippen LogP contribution in [0.5, 0.6) is 11.5 Å². The number of rotatable bonds is 2. The quantitative estimate of drug-likeness (QED) is 0.791. The molecular weight excluding hydrogens is 226 g/mol. The van der Waals surface area contributed by atoms with Gasteiger partial charge in [0.15, 0.2) is 0 Å². The lowest BCUT2D eigenvalue weighted by Crippen LogP contribution is -1.83. The predicted molar refractivity (Wildman–Crippen MR) is 72.9 cm³/mol. The standard InChI is InChI=1S/C15H15NO2/c1-10-3-5-13(7-11(10)2)16-9-12-4-6-14(17)8-15(12)18/h3-9,17-18H,1-2H3. The lowest BCUT2D eigenvalue weighted by molar-refractivity contribution is 0.450. The summed E-state index contributed by atoms with van der Waals surface area (Å²) < 4.78 is 0. The number of phenolic OH excluding ortho intramolecular Hbond substituents is 2. The molecule has 0 aliphatic carbocycles. The molecular formula is C15H15NO2.